The van der Waals surface area contributed by atoms with Crippen molar-refractivity contribution in [1.29, 1.82) is 0 Å². The number of nitrogens with one attached hydrogen (secondary N) is 1. The quantitative estimate of drug-likeness (QED) is 0.258. The summed E-state index contributed by atoms with van der Waals surface area (Å²) in [5, 5.41) is 0. The van der Waals surface area contributed by atoms with E-state index < -0.39 is 0 Å². The molecule has 0 spiro atoms. The molecule has 1 aliphatic heterocycles. The van der Waals surface area contributed by atoms with Crippen molar-refractivity contribution in [3.05, 3.63) is 0 Å². The highest BCUT2D eigenvalue weighted by atomic mass is 15.4. The van der Waals surface area contributed by atoms with Crippen LogP contribution in [0.25, 0.3) is 0 Å². The number of hydrazine groups is 1. The van der Waals surface area contributed by atoms with Crippen molar-refractivity contribution in [2.45, 2.75) is 19.9 Å². The maximum Gasteiger partial charge on any atom is 0.208 e. The van der Waals surface area contributed by atoms with E-state index >= 15 is 0 Å². The highest BCUT2D eigenvalue weighted by molar-refractivity contribution is 5.79. The molecule has 0 radical (unpaired) electrons. The highest BCUT2D eigenvalue weighted by Crippen LogP contribution is 2.05. The fourth-order valence-electron chi connectivity index (χ4n) is 1.75. The van der Waals surface area contributed by atoms with Gasteiger partial charge >= 0.3 is 0 Å². The normalized spacial score (nSPS) is 20.4. The molecule has 0 saturated carbocycles. The molecule has 1 saturated heterocycles. The van der Waals surface area contributed by atoms with E-state index in [9.17, 15) is 0 Å². The van der Waals surface area contributed by atoms with E-state index in [1.54, 1.807) is 7.05 Å². The molecule has 0 bridgehead atoms. The molecular formula is C9H21N5. The number of aliphatic imine (C=N–C) groups is 1. The second-order valence-electron chi connectivity index (χ2n) is 3.81. The number of guanidine groups is 1. The molecule has 0 amide bonds. The minimum Gasteiger partial charge on any atom is -0.339 e. The van der Waals surface area contributed by atoms with E-state index in [0.29, 0.717) is 6.04 Å². The molecule has 1 rings (SSSR count). The summed E-state index contributed by atoms with van der Waals surface area (Å²) in [6, 6.07) is 0.630. The lowest BCUT2D eigenvalue weighted by atomic mass is 10.2. The lowest BCUT2D eigenvalue weighted by Crippen LogP contribution is -2.55. The molecule has 1 heterocycles. The maximum atomic E-state index is 5.37. The summed E-state index contributed by atoms with van der Waals surface area (Å²) in [6.45, 7) is 8.61. The average molecular weight is 199 g/mol. The summed E-state index contributed by atoms with van der Waals surface area (Å²) in [6.07, 6.45) is 0. The Balaban J connectivity index is 2.42. The summed E-state index contributed by atoms with van der Waals surface area (Å²) in [4.78, 5) is 8.73. The minimum atomic E-state index is 0.630. The Morgan fingerprint density at radius 3 is 2.21 bits per heavy atom. The van der Waals surface area contributed by atoms with Gasteiger partial charge < -0.3 is 4.90 Å². The molecule has 1 fully saturated rings. The summed E-state index contributed by atoms with van der Waals surface area (Å²) in [5.74, 6) is 6.16. The van der Waals surface area contributed by atoms with Gasteiger partial charge in [-0.1, -0.05) is 0 Å². The van der Waals surface area contributed by atoms with Crippen LogP contribution in [0.5, 0.6) is 0 Å². The van der Waals surface area contributed by atoms with E-state index in [0.717, 1.165) is 32.1 Å². The number of piperazine rings is 1. The van der Waals surface area contributed by atoms with Crippen LogP contribution in [-0.2, 0) is 0 Å². The first-order valence-corrected chi connectivity index (χ1v) is 5.11. The molecule has 14 heavy (non-hydrogen) atoms. The summed E-state index contributed by atoms with van der Waals surface area (Å²) >= 11 is 0. The molecule has 0 unspecified atom stereocenters. The fourth-order valence-corrected chi connectivity index (χ4v) is 1.75. The largest absolute Gasteiger partial charge is 0.339 e. The molecule has 5 nitrogen and oxygen atoms in total. The number of hydrogen-bond donors (Lipinski definition) is 2. The van der Waals surface area contributed by atoms with Crippen LogP contribution in [0.3, 0.4) is 0 Å². The molecule has 82 valence electrons. The van der Waals surface area contributed by atoms with E-state index in [4.69, 9.17) is 5.84 Å². The first-order chi connectivity index (χ1) is 6.69. The number of nitrogens with two attached hydrogens (primary N) is 1. The van der Waals surface area contributed by atoms with Crippen LogP contribution in [0.15, 0.2) is 4.99 Å². The van der Waals surface area contributed by atoms with E-state index in [1.165, 1.54) is 0 Å². The zero-order valence-electron chi connectivity index (χ0n) is 9.32. The second-order valence-corrected chi connectivity index (χ2v) is 3.81. The predicted molar refractivity (Wildman–Crippen MR) is 59.0 cm³/mol. The third-order valence-corrected chi connectivity index (χ3v) is 2.68. The average Bonchev–Trinajstić information content (AvgIpc) is 2.20. The number of hydrogen-bond acceptors (Lipinski definition) is 3. The van der Waals surface area contributed by atoms with Crippen molar-refractivity contribution in [3.63, 3.8) is 0 Å². The molecular weight excluding hydrogens is 178 g/mol. The van der Waals surface area contributed by atoms with Crippen molar-refractivity contribution in [2.24, 2.45) is 10.8 Å². The van der Waals surface area contributed by atoms with Gasteiger partial charge in [0.25, 0.3) is 0 Å². The monoisotopic (exact) mass is 199 g/mol. The topological polar surface area (TPSA) is 56.9 Å². The van der Waals surface area contributed by atoms with Gasteiger partial charge in [0, 0.05) is 39.3 Å². The first kappa shape index (κ1) is 11.3. The molecule has 0 atom stereocenters. The molecule has 3 N–H and O–H groups in total. The van der Waals surface area contributed by atoms with Crippen molar-refractivity contribution >= 4 is 5.96 Å². The minimum absolute atomic E-state index is 0.630. The van der Waals surface area contributed by atoms with Gasteiger partial charge in [-0.25, -0.2) is 5.84 Å². The SMILES string of the molecule is CN=C(NN)N1CCN(C(C)C)CC1. The van der Waals surface area contributed by atoms with Crippen molar-refractivity contribution in [2.75, 3.05) is 33.2 Å². The zero-order valence-corrected chi connectivity index (χ0v) is 9.32. The van der Waals surface area contributed by atoms with Crippen LogP contribution in [0.1, 0.15) is 13.8 Å². The Morgan fingerprint density at radius 2 is 1.86 bits per heavy atom. The van der Waals surface area contributed by atoms with Gasteiger partial charge in [0.15, 0.2) is 0 Å². The Morgan fingerprint density at radius 1 is 1.29 bits per heavy atom. The smallest absolute Gasteiger partial charge is 0.208 e. The Bertz CT molecular complexity index is 193. The van der Waals surface area contributed by atoms with Crippen LogP contribution < -0.4 is 11.3 Å². The van der Waals surface area contributed by atoms with Crippen LogP contribution in [0.2, 0.25) is 0 Å². The van der Waals surface area contributed by atoms with Crippen molar-refractivity contribution < 1.29 is 0 Å². The standard InChI is InChI=1S/C9H21N5/c1-8(2)13-4-6-14(7-5-13)9(11-3)12-10/h8H,4-7,10H2,1-3H3,(H,11,12). The van der Waals surface area contributed by atoms with E-state index in [-0.39, 0.29) is 0 Å². The molecule has 0 aromatic rings. The van der Waals surface area contributed by atoms with Gasteiger partial charge in [-0.3, -0.25) is 15.3 Å². The van der Waals surface area contributed by atoms with Gasteiger partial charge in [-0.2, -0.15) is 0 Å². The van der Waals surface area contributed by atoms with E-state index in [2.05, 4.69) is 34.1 Å². The summed E-state index contributed by atoms with van der Waals surface area (Å²) in [5.41, 5.74) is 2.62. The number of rotatable bonds is 1. The Kier molecular flexibility index (Phi) is 4.16. The van der Waals surface area contributed by atoms with Crippen LogP contribution >= 0.6 is 0 Å². The molecule has 0 aliphatic carbocycles. The first-order valence-electron chi connectivity index (χ1n) is 5.11. The molecule has 0 aromatic heterocycles. The van der Waals surface area contributed by atoms with Gasteiger partial charge in [0.05, 0.1) is 0 Å². The van der Waals surface area contributed by atoms with Crippen LogP contribution in [0.4, 0.5) is 0 Å². The third-order valence-electron chi connectivity index (χ3n) is 2.68. The maximum absolute atomic E-state index is 5.37. The molecule has 1 aliphatic rings. The lowest BCUT2D eigenvalue weighted by Gasteiger charge is -2.37. The number of nitrogens with zero attached hydrogens (tertiary/aromatic N) is 3. The van der Waals surface area contributed by atoms with Crippen LogP contribution in [0, 0.1) is 0 Å². The van der Waals surface area contributed by atoms with Crippen LogP contribution in [-0.4, -0.2) is 55.0 Å². The fraction of sp³-hybridized carbons (Fsp3) is 0.889. The van der Waals surface area contributed by atoms with Crippen molar-refractivity contribution in [3.8, 4) is 0 Å². The van der Waals surface area contributed by atoms with Gasteiger partial charge in [0.2, 0.25) is 5.96 Å². The van der Waals surface area contributed by atoms with Gasteiger partial charge in [-0.05, 0) is 13.8 Å². The summed E-state index contributed by atoms with van der Waals surface area (Å²) in [7, 11) is 1.75. The second kappa shape index (κ2) is 5.17. The van der Waals surface area contributed by atoms with E-state index in [1.807, 2.05) is 0 Å². The van der Waals surface area contributed by atoms with Gasteiger partial charge in [-0.15, -0.1) is 0 Å². The zero-order chi connectivity index (χ0) is 10.6. The lowest BCUT2D eigenvalue weighted by molar-refractivity contribution is 0.146. The van der Waals surface area contributed by atoms with Crippen molar-refractivity contribution in [1.82, 2.24) is 15.2 Å². The van der Waals surface area contributed by atoms with Gasteiger partial charge in [0.1, 0.15) is 0 Å². The Hall–Kier alpha value is -0.810. The predicted octanol–water partition coefficient (Wildman–Crippen LogP) is -0.538. The summed E-state index contributed by atoms with van der Waals surface area (Å²) < 4.78 is 0. The molecule has 5 heteroatoms. The highest BCUT2D eigenvalue weighted by Gasteiger charge is 2.20. The third kappa shape index (κ3) is 2.59. The molecule has 0 aromatic carbocycles. The Labute approximate surface area is 85.9 Å².